The molecule has 0 aliphatic heterocycles. The smallest absolute Gasteiger partial charge is 0.317 e. The molecule has 0 saturated carbocycles. The Labute approximate surface area is 90.2 Å². The van der Waals surface area contributed by atoms with Crippen LogP contribution in [0.5, 0.6) is 0 Å². The molecule has 0 spiro atoms. The molecule has 0 saturated heterocycles. The molecular formula is C11H18O4. The Balaban J connectivity index is 3.49. The highest BCUT2D eigenvalue weighted by Crippen LogP contribution is 1.93. The molecule has 15 heavy (non-hydrogen) atoms. The molecule has 86 valence electrons. The average molecular weight is 214 g/mol. The van der Waals surface area contributed by atoms with Gasteiger partial charge in [-0.15, -0.1) is 0 Å². The minimum Gasteiger partial charge on any atom is -0.466 e. The molecule has 0 fully saturated rings. The van der Waals surface area contributed by atoms with Gasteiger partial charge in [-0.3, -0.25) is 9.59 Å². The van der Waals surface area contributed by atoms with E-state index in [0.29, 0.717) is 13.0 Å². The Morgan fingerprint density at radius 1 is 1.07 bits per heavy atom. The van der Waals surface area contributed by atoms with Crippen LogP contribution in [0.15, 0.2) is 12.2 Å². The van der Waals surface area contributed by atoms with Gasteiger partial charge in [0.2, 0.25) is 0 Å². The van der Waals surface area contributed by atoms with Crippen molar-refractivity contribution in [1.82, 2.24) is 0 Å². The highest BCUT2D eigenvalue weighted by Gasteiger charge is 2.10. The van der Waals surface area contributed by atoms with Gasteiger partial charge in [0.15, 0.2) is 0 Å². The van der Waals surface area contributed by atoms with Gasteiger partial charge < -0.3 is 9.47 Å². The lowest BCUT2D eigenvalue weighted by atomic mass is 10.3. The highest BCUT2D eigenvalue weighted by molar-refractivity contribution is 5.91. The molecule has 0 aromatic rings. The third-order valence-corrected chi connectivity index (χ3v) is 1.54. The average Bonchev–Trinajstić information content (AvgIpc) is 2.17. The second-order valence-electron chi connectivity index (χ2n) is 2.87. The lowest BCUT2D eigenvalue weighted by molar-refractivity contribution is -0.154. The van der Waals surface area contributed by atoms with Crippen LogP contribution in [0, 0.1) is 0 Å². The molecule has 0 aliphatic rings. The number of esters is 2. The van der Waals surface area contributed by atoms with Crippen LogP contribution in [0.2, 0.25) is 0 Å². The van der Waals surface area contributed by atoms with Crippen LogP contribution in [-0.4, -0.2) is 25.2 Å². The molecule has 0 heterocycles. The van der Waals surface area contributed by atoms with E-state index < -0.39 is 11.9 Å². The second-order valence-corrected chi connectivity index (χ2v) is 2.87. The zero-order valence-electron chi connectivity index (χ0n) is 9.32. The fourth-order valence-electron chi connectivity index (χ4n) is 0.906. The van der Waals surface area contributed by atoms with Crippen molar-refractivity contribution in [2.24, 2.45) is 0 Å². The normalized spacial score (nSPS) is 10.3. The fourth-order valence-corrected chi connectivity index (χ4v) is 0.906. The van der Waals surface area contributed by atoms with E-state index in [1.807, 2.05) is 19.1 Å². The number of carbonyl (C=O) groups is 2. The van der Waals surface area contributed by atoms with Crippen molar-refractivity contribution >= 4 is 11.9 Å². The quantitative estimate of drug-likeness (QED) is 0.281. The van der Waals surface area contributed by atoms with Gasteiger partial charge in [0.25, 0.3) is 0 Å². The SMILES string of the molecule is CC/C=C\CCOC(=O)CC(=O)OCC. The van der Waals surface area contributed by atoms with Crippen LogP contribution in [-0.2, 0) is 19.1 Å². The lowest BCUT2D eigenvalue weighted by Gasteiger charge is -2.02. The standard InChI is InChI=1S/C11H18O4/c1-3-5-6-7-8-15-11(13)9-10(12)14-4-2/h5-6H,3-4,7-9H2,1-2H3/b6-5-. The summed E-state index contributed by atoms with van der Waals surface area (Å²) in [4.78, 5) is 21.9. The van der Waals surface area contributed by atoms with Gasteiger partial charge in [0.05, 0.1) is 13.2 Å². The van der Waals surface area contributed by atoms with Crippen molar-refractivity contribution in [1.29, 1.82) is 0 Å². The van der Waals surface area contributed by atoms with Crippen molar-refractivity contribution in [2.75, 3.05) is 13.2 Å². The third kappa shape index (κ3) is 9.00. The number of ether oxygens (including phenoxy) is 2. The Hall–Kier alpha value is -1.32. The molecule has 0 N–H and O–H groups in total. The first-order valence-corrected chi connectivity index (χ1v) is 5.16. The van der Waals surface area contributed by atoms with Crippen LogP contribution >= 0.6 is 0 Å². The van der Waals surface area contributed by atoms with Gasteiger partial charge in [0.1, 0.15) is 6.42 Å². The van der Waals surface area contributed by atoms with Gasteiger partial charge in [-0.2, -0.15) is 0 Å². The Bertz CT molecular complexity index is 221. The summed E-state index contributed by atoms with van der Waals surface area (Å²) in [6.07, 6.45) is 5.29. The molecule has 0 aromatic carbocycles. The Morgan fingerprint density at radius 3 is 2.33 bits per heavy atom. The number of hydrogen-bond acceptors (Lipinski definition) is 4. The first kappa shape index (κ1) is 13.7. The van der Waals surface area contributed by atoms with E-state index >= 15 is 0 Å². The van der Waals surface area contributed by atoms with Gasteiger partial charge in [0, 0.05) is 0 Å². The van der Waals surface area contributed by atoms with Gasteiger partial charge in [-0.1, -0.05) is 19.1 Å². The largest absolute Gasteiger partial charge is 0.466 e. The Kier molecular flexibility index (Phi) is 8.43. The summed E-state index contributed by atoms with van der Waals surface area (Å²) in [7, 11) is 0. The maximum absolute atomic E-state index is 11.0. The predicted molar refractivity (Wildman–Crippen MR) is 56.3 cm³/mol. The van der Waals surface area contributed by atoms with E-state index in [1.54, 1.807) is 6.92 Å². The van der Waals surface area contributed by atoms with E-state index in [-0.39, 0.29) is 13.0 Å². The summed E-state index contributed by atoms with van der Waals surface area (Å²) >= 11 is 0. The number of carbonyl (C=O) groups excluding carboxylic acids is 2. The summed E-state index contributed by atoms with van der Waals surface area (Å²) in [6.45, 7) is 4.32. The van der Waals surface area contributed by atoms with Crippen molar-refractivity contribution in [3.8, 4) is 0 Å². The summed E-state index contributed by atoms with van der Waals surface area (Å²) < 4.78 is 9.42. The molecular weight excluding hydrogens is 196 g/mol. The maximum atomic E-state index is 11.0. The third-order valence-electron chi connectivity index (χ3n) is 1.54. The van der Waals surface area contributed by atoms with E-state index in [4.69, 9.17) is 4.74 Å². The molecule has 0 amide bonds. The van der Waals surface area contributed by atoms with Crippen molar-refractivity contribution < 1.29 is 19.1 Å². The monoisotopic (exact) mass is 214 g/mol. The summed E-state index contributed by atoms with van der Waals surface area (Å²) in [5.41, 5.74) is 0. The van der Waals surface area contributed by atoms with Crippen LogP contribution in [0.25, 0.3) is 0 Å². The van der Waals surface area contributed by atoms with Crippen LogP contribution in [0.3, 0.4) is 0 Å². The molecule has 0 atom stereocenters. The van der Waals surface area contributed by atoms with Crippen LogP contribution in [0.1, 0.15) is 33.1 Å². The number of allylic oxidation sites excluding steroid dienone is 1. The minimum atomic E-state index is -0.536. The summed E-state index contributed by atoms with van der Waals surface area (Å²) in [6, 6.07) is 0. The highest BCUT2D eigenvalue weighted by atomic mass is 16.6. The molecule has 0 aliphatic carbocycles. The van der Waals surface area contributed by atoms with Gasteiger partial charge in [-0.05, 0) is 19.8 Å². The first-order valence-electron chi connectivity index (χ1n) is 5.16. The Morgan fingerprint density at radius 2 is 1.73 bits per heavy atom. The maximum Gasteiger partial charge on any atom is 0.317 e. The number of rotatable bonds is 7. The molecule has 0 radical (unpaired) electrons. The minimum absolute atomic E-state index is 0.283. The lowest BCUT2D eigenvalue weighted by Crippen LogP contribution is -2.14. The first-order chi connectivity index (χ1) is 7.20. The summed E-state index contributed by atoms with van der Waals surface area (Å²) in [5.74, 6) is -1.06. The van der Waals surface area contributed by atoms with Crippen molar-refractivity contribution in [3.05, 3.63) is 12.2 Å². The number of hydrogen-bond donors (Lipinski definition) is 0. The molecule has 4 heteroatoms. The summed E-state index contributed by atoms with van der Waals surface area (Å²) in [5, 5.41) is 0. The van der Waals surface area contributed by atoms with Gasteiger partial charge in [-0.25, -0.2) is 0 Å². The topological polar surface area (TPSA) is 52.6 Å². The molecule has 0 bridgehead atoms. The molecule has 4 nitrogen and oxygen atoms in total. The molecule has 0 aromatic heterocycles. The van der Waals surface area contributed by atoms with E-state index in [2.05, 4.69) is 4.74 Å². The van der Waals surface area contributed by atoms with Crippen LogP contribution < -0.4 is 0 Å². The fraction of sp³-hybridized carbons (Fsp3) is 0.636. The molecule has 0 rings (SSSR count). The van der Waals surface area contributed by atoms with Crippen LogP contribution in [0.4, 0.5) is 0 Å². The van der Waals surface area contributed by atoms with E-state index in [9.17, 15) is 9.59 Å². The molecule has 0 unspecified atom stereocenters. The van der Waals surface area contributed by atoms with E-state index in [0.717, 1.165) is 6.42 Å². The zero-order chi connectivity index (χ0) is 11.5. The zero-order valence-corrected chi connectivity index (χ0v) is 9.32. The van der Waals surface area contributed by atoms with E-state index in [1.165, 1.54) is 0 Å². The van der Waals surface area contributed by atoms with Gasteiger partial charge >= 0.3 is 11.9 Å². The predicted octanol–water partition coefficient (Wildman–Crippen LogP) is 1.84. The van der Waals surface area contributed by atoms with Crippen molar-refractivity contribution in [2.45, 2.75) is 33.1 Å². The second kappa shape index (κ2) is 9.24. The van der Waals surface area contributed by atoms with Crippen molar-refractivity contribution in [3.63, 3.8) is 0 Å².